The molecule has 114 valence electrons. The number of aromatic nitrogens is 4. The summed E-state index contributed by atoms with van der Waals surface area (Å²) in [6, 6.07) is 2.81. The monoisotopic (exact) mass is 364 g/mol. The maximum absolute atomic E-state index is 12.8. The first-order chi connectivity index (χ1) is 9.81. The lowest BCUT2D eigenvalue weighted by Crippen LogP contribution is -2.30. The van der Waals surface area contributed by atoms with Crippen molar-refractivity contribution >= 4 is 15.9 Å². The van der Waals surface area contributed by atoms with Crippen molar-refractivity contribution in [3.8, 4) is 0 Å². The molecule has 0 bridgehead atoms. The van der Waals surface area contributed by atoms with Gasteiger partial charge in [-0.2, -0.15) is 18.0 Å². The summed E-state index contributed by atoms with van der Waals surface area (Å²) in [5.74, 6) is 5.83. The predicted octanol–water partition coefficient (Wildman–Crippen LogP) is 1.74. The number of rotatable bonds is 4. The fraction of sp³-hybridized carbons (Fsp3) is 0.364. The van der Waals surface area contributed by atoms with Crippen LogP contribution in [-0.4, -0.2) is 20.2 Å². The van der Waals surface area contributed by atoms with Crippen molar-refractivity contribution in [3.63, 3.8) is 0 Å². The molecule has 0 saturated carbocycles. The van der Waals surface area contributed by atoms with E-state index in [0.29, 0.717) is 15.9 Å². The molecular formula is C11H12BrF3N6. The second kappa shape index (κ2) is 6.08. The molecule has 10 heteroatoms. The van der Waals surface area contributed by atoms with E-state index in [0.717, 1.165) is 12.1 Å². The van der Waals surface area contributed by atoms with Gasteiger partial charge in [0.05, 0.1) is 18.7 Å². The third-order valence-corrected chi connectivity index (χ3v) is 3.56. The summed E-state index contributed by atoms with van der Waals surface area (Å²) in [6.07, 6.45) is -4.20. The van der Waals surface area contributed by atoms with Gasteiger partial charge in [-0.05, 0) is 29.0 Å². The third-order valence-electron chi connectivity index (χ3n) is 2.84. The Morgan fingerprint density at radius 3 is 2.67 bits per heavy atom. The number of aryl methyl sites for hydroxylation is 1. The molecule has 0 radical (unpaired) electrons. The van der Waals surface area contributed by atoms with Crippen LogP contribution < -0.4 is 11.3 Å². The molecule has 0 aliphatic heterocycles. The van der Waals surface area contributed by atoms with Crippen LogP contribution in [0.25, 0.3) is 0 Å². The Balaban J connectivity index is 2.33. The van der Waals surface area contributed by atoms with Crippen molar-refractivity contribution in [1.82, 2.24) is 25.6 Å². The van der Waals surface area contributed by atoms with Gasteiger partial charge in [0.15, 0.2) is 5.82 Å². The molecule has 2 aromatic rings. The van der Waals surface area contributed by atoms with Gasteiger partial charge >= 0.3 is 6.18 Å². The first-order valence-corrected chi connectivity index (χ1v) is 6.66. The van der Waals surface area contributed by atoms with Crippen molar-refractivity contribution in [2.45, 2.75) is 18.6 Å². The van der Waals surface area contributed by atoms with Gasteiger partial charge in [-0.25, -0.2) is 0 Å². The molecular weight excluding hydrogens is 353 g/mol. The normalized spacial score (nSPS) is 13.4. The highest BCUT2D eigenvalue weighted by atomic mass is 79.9. The minimum Gasteiger partial charge on any atom is -0.271 e. The highest BCUT2D eigenvalue weighted by Crippen LogP contribution is 2.34. The van der Waals surface area contributed by atoms with E-state index < -0.39 is 17.8 Å². The van der Waals surface area contributed by atoms with Crippen molar-refractivity contribution in [2.75, 3.05) is 0 Å². The number of tetrazole rings is 1. The fourth-order valence-corrected chi connectivity index (χ4v) is 2.36. The van der Waals surface area contributed by atoms with E-state index >= 15 is 0 Å². The van der Waals surface area contributed by atoms with Crippen LogP contribution in [0.1, 0.15) is 23.0 Å². The summed E-state index contributed by atoms with van der Waals surface area (Å²) in [7, 11) is 1.60. The summed E-state index contributed by atoms with van der Waals surface area (Å²) in [4.78, 5) is 1.27. The average molecular weight is 365 g/mol. The molecule has 1 unspecified atom stereocenters. The molecule has 1 atom stereocenters. The van der Waals surface area contributed by atoms with Crippen molar-refractivity contribution in [3.05, 3.63) is 39.6 Å². The highest BCUT2D eigenvalue weighted by Gasteiger charge is 2.31. The SMILES string of the molecule is Cn1nnc(CC(NN)c2cc(C(F)(F)F)ccc2Br)n1. The molecule has 21 heavy (non-hydrogen) atoms. The van der Waals surface area contributed by atoms with Crippen LogP contribution in [0.2, 0.25) is 0 Å². The lowest BCUT2D eigenvalue weighted by atomic mass is 10.0. The molecule has 1 heterocycles. The third kappa shape index (κ3) is 3.77. The van der Waals surface area contributed by atoms with Gasteiger partial charge < -0.3 is 0 Å². The van der Waals surface area contributed by atoms with Gasteiger partial charge in [0, 0.05) is 10.9 Å². The number of nitrogens with two attached hydrogens (primary N) is 1. The van der Waals surface area contributed by atoms with Crippen molar-refractivity contribution in [2.24, 2.45) is 12.9 Å². The lowest BCUT2D eigenvalue weighted by Gasteiger charge is -2.18. The number of benzene rings is 1. The molecule has 0 aliphatic carbocycles. The molecule has 0 saturated heterocycles. The number of hydrazine groups is 1. The van der Waals surface area contributed by atoms with E-state index in [9.17, 15) is 13.2 Å². The summed E-state index contributed by atoms with van der Waals surface area (Å²) >= 11 is 3.23. The van der Waals surface area contributed by atoms with Crippen molar-refractivity contribution < 1.29 is 13.2 Å². The molecule has 0 aliphatic rings. The van der Waals surface area contributed by atoms with Crippen LogP contribution in [0.4, 0.5) is 13.2 Å². The van der Waals surface area contributed by atoms with Gasteiger partial charge in [0.25, 0.3) is 0 Å². The number of hydrogen-bond donors (Lipinski definition) is 2. The number of nitrogens with one attached hydrogen (secondary N) is 1. The van der Waals surface area contributed by atoms with E-state index in [-0.39, 0.29) is 6.42 Å². The molecule has 0 fully saturated rings. The minimum atomic E-state index is -4.42. The number of nitrogens with zero attached hydrogens (tertiary/aromatic N) is 4. The summed E-state index contributed by atoms with van der Waals surface area (Å²) in [6.45, 7) is 0. The molecule has 3 N–H and O–H groups in total. The number of halogens is 4. The minimum absolute atomic E-state index is 0.213. The maximum atomic E-state index is 12.8. The second-order valence-electron chi connectivity index (χ2n) is 4.35. The Labute approximate surface area is 126 Å². The Bertz CT molecular complexity index is 627. The van der Waals surface area contributed by atoms with Crippen LogP contribution in [-0.2, 0) is 19.6 Å². The zero-order chi connectivity index (χ0) is 15.6. The first kappa shape index (κ1) is 15.9. The Morgan fingerprint density at radius 2 is 2.14 bits per heavy atom. The van der Waals surface area contributed by atoms with Gasteiger partial charge in [0.1, 0.15) is 0 Å². The topological polar surface area (TPSA) is 81.7 Å². The molecule has 1 aromatic heterocycles. The Kier molecular flexibility index (Phi) is 4.59. The first-order valence-electron chi connectivity index (χ1n) is 5.87. The molecule has 2 rings (SSSR count). The van der Waals surface area contributed by atoms with Crippen molar-refractivity contribution in [1.29, 1.82) is 0 Å². The zero-order valence-corrected chi connectivity index (χ0v) is 12.5. The predicted molar refractivity (Wildman–Crippen MR) is 71.7 cm³/mol. The molecule has 0 spiro atoms. The van der Waals surface area contributed by atoms with E-state index in [4.69, 9.17) is 5.84 Å². The quantitative estimate of drug-likeness (QED) is 0.637. The number of alkyl halides is 3. The van der Waals surface area contributed by atoms with Crippen LogP contribution in [0.5, 0.6) is 0 Å². The van der Waals surface area contributed by atoms with Gasteiger partial charge in [-0.1, -0.05) is 15.9 Å². The Morgan fingerprint density at radius 1 is 1.43 bits per heavy atom. The zero-order valence-electron chi connectivity index (χ0n) is 10.9. The molecule has 6 nitrogen and oxygen atoms in total. The molecule has 0 amide bonds. The van der Waals surface area contributed by atoms with Gasteiger partial charge in [-0.3, -0.25) is 11.3 Å². The van der Waals surface area contributed by atoms with E-state index in [2.05, 4.69) is 36.8 Å². The van der Waals surface area contributed by atoms with E-state index in [1.807, 2.05) is 0 Å². The maximum Gasteiger partial charge on any atom is 0.416 e. The molecule has 1 aromatic carbocycles. The summed E-state index contributed by atoms with van der Waals surface area (Å²) in [5.41, 5.74) is 2.11. The lowest BCUT2D eigenvalue weighted by molar-refractivity contribution is -0.137. The average Bonchev–Trinajstić information content (AvgIpc) is 2.81. The highest BCUT2D eigenvalue weighted by molar-refractivity contribution is 9.10. The van der Waals surface area contributed by atoms with Gasteiger partial charge in [-0.15, -0.1) is 10.2 Å². The number of hydrogen-bond acceptors (Lipinski definition) is 5. The van der Waals surface area contributed by atoms with Crippen LogP contribution in [0.3, 0.4) is 0 Å². The van der Waals surface area contributed by atoms with E-state index in [1.165, 1.54) is 10.9 Å². The summed E-state index contributed by atoms with van der Waals surface area (Å²) < 4.78 is 38.9. The van der Waals surface area contributed by atoms with Gasteiger partial charge in [0.2, 0.25) is 0 Å². The summed E-state index contributed by atoms with van der Waals surface area (Å²) in [5, 5.41) is 11.5. The standard InChI is InChI=1S/C11H12BrF3N6/c1-21-19-10(18-20-21)5-9(17-16)7-4-6(11(13,14)15)2-3-8(7)12/h2-4,9,17H,5,16H2,1H3. The second-order valence-corrected chi connectivity index (χ2v) is 5.21. The smallest absolute Gasteiger partial charge is 0.271 e. The fourth-order valence-electron chi connectivity index (χ4n) is 1.83. The Hall–Kier alpha value is -1.52. The van der Waals surface area contributed by atoms with Crippen LogP contribution >= 0.6 is 15.9 Å². The van der Waals surface area contributed by atoms with E-state index in [1.54, 1.807) is 7.05 Å². The van der Waals surface area contributed by atoms with Crippen LogP contribution in [0, 0.1) is 0 Å². The van der Waals surface area contributed by atoms with Crippen LogP contribution in [0.15, 0.2) is 22.7 Å². The largest absolute Gasteiger partial charge is 0.416 e.